The molecule has 0 radical (unpaired) electrons. The molecule has 11 heteroatoms. The van der Waals surface area contributed by atoms with Crippen LogP contribution in [0.3, 0.4) is 0 Å². The Morgan fingerprint density at radius 3 is 2.26 bits per heavy atom. The van der Waals surface area contributed by atoms with Crippen LogP contribution in [0, 0.1) is 17.8 Å². The van der Waals surface area contributed by atoms with Gasteiger partial charge in [0.05, 0.1) is 23.9 Å². The number of cyclic esters (lactones) is 1. The summed E-state index contributed by atoms with van der Waals surface area (Å²) >= 11 is 0. The second-order valence-electron chi connectivity index (χ2n) is 13.0. The minimum atomic E-state index is -1.64. The highest BCUT2D eigenvalue weighted by molar-refractivity contribution is 6.00. The molecule has 2 heterocycles. The molecule has 0 aliphatic carbocycles. The molecule has 0 spiro atoms. The van der Waals surface area contributed by atoms with Gasteiger partial charge in [-0.1, -0.05) is 20.8 Å². The Hall–Kier alpha value is -2.18. The first-order valence-corrected chi connectivity index (χ1v) is 15.2. The van der Waals surface area contributed by atoms with Gasteiger partial charge in [0.25, 0.3) is 0 Å². The smallest absolute Gasteiger partial charge is 0.316 e. The van der Waals surface area contributed by atoms with Crippen molar-refractivity contribution >= 4 is 23.5 Å². The molecule has 2 aliphatic heterocycles. The van der Waals surface area contributed by atoms with Crippen molar-refractivity contribution in [1.29, 1.82) is 0 Å². The summed E-state index contributed by atoms with van der Waals surface area (Å²) < 4.78 is 30.2. The van der Waals surface area contributed by atoms with Crippen LogP contribution in [0.15, 0.2) is 11.6 Å². The maximum absolute atomic E-state index is 13.9. The number of nitrogens with zero attached hydrogens (tertiary/aromatic N) is 1. The molecule has 1 saturated heterocycles. The third-order valence-electron chi connectivity index (χ3n) is 8.92. The second-order valence-corrected chi connectivity index (χ2v) is 13.0. The van der Waals surface area contributed by atoms with Crippen LogP contribution in [0.1, 0.15) is 81.6 Å². The average Bonchev–Trinajstić information content (AvgIpc) is 2.92. The number of esters is 2. The standard InChI is InChI=1S/C32H53NO10/c1-13-24-31(8,38)15-17(2)25(35)18(3)16-32(9,39-12)28(20(5)26(36)21(6)29(37)42-24)43-30-27(41-22(7)34)23(33(10)11)14-19(4)40-30/h15,18-21,23-24,27-28,30,38H,13-14,16H2,1-12H3/t18-,19-,20?,21-,23+,24-,27?,28-,30+,31+,32-/m1/s1. The van der Waals surface area contributed by atoms with E-state index in [9.17, 15) is 24.3 Å². The zero-order valence-corrected chi connectivity index (χ0v) is 28.0. The van der Waals surface area contributed by atoms with Crippen molar-refractivity contribution in [3.63, 3.8) is 0 Å². The molecule has 11 nitrogen and oxygen atoms in total. The van der Waals surface area contributed by atoms with Gasteiger partial charge in [-0.05, 0) is 79.6 Å². The molecule has 1 fully saturated rings. The number of likely N-dealkylation sites (N-methyl/N-ethyl adjacent to an activating group) is 1. The number of methoxy groups -OCH3 is 1. The van der Waals surface area contributed by atoms with Gasteiger partial charge in [-0.25, -0.2) is 0 Å². The van der Waals surface area contributed by atoms with Crippen molar-refractivity contribution in [2.45, 2.75) is 130 Å². The molecule has 11 atom stereocenters. The van der Waals surface area contributed by atoms with E-state index in [0.29, 0.717) is 12.0 Å². The van der Waals surface area contributed by atoms with Gasteiger partial charge in [0.15, 0.2) is 24.0 Å². The van der Waals surface area contributed by atoms with Gasteiger partial charge in [-0.15, -0.1) is 0 Å². The zero-order chi connectivity index (χ0) is 33.0. The Labute approximate surface area is 256 Å². The van der Waals surface area contributed by atoms with E-state index in [0.717, 1.165) is 0 Å². The molecule has 0 amide bonds. The van der Waals surface area contributed by atoms with Crippen LogP contribution in [0.4, 0.5) is 0 Å². The molecular weight excluding hydrogens is 558 g/mol. The molecule has 2 aliphatic rings. The van der Waals surface area contributed by atoms with E-state index in [1.807, 2.05) is 25.9 Å². The number of Topliss-reactive ketones (excluding diaryl/α,β-unsaturated/α-hetero) is 2. The Kier molecular flexibility index (Phi) is 12.7. The summed E-state index contributed by atoms with van der Waals surface area (Å²) in [6, 6.07) is -0.239. The normalized spacial score (nSPS) is 40.5. The zero-order valence-electron chi connectivity index (χ0n) is 28.0. The Balaban J connectivity index is 2.68. The molecular formula is C32H53NO10. The van der Waals surface area contributed by atoms with Crippen LogP contribution < -0.4 is 0 Å². The molecule has 0 saturated carbocycles. The lowest BCUT2D eigenvalue weighted by molar-refractivity contribution is -0.297. The summed E-state index contributed by atoms with van der Waals surface area (Å²) in [4.78, 5) is 54.8. The largest absolute Gasteiger partial charge is 0.458 e. The van der Waals surface area contributed by atoms with Crippen LogP contribution in [0.2, 0.25) is 0 Å². The minimum Gasteiger partial charge on any atom is -0.458 e. The maximum Gasteiger partial charge on any atom is 0.316 e. The Morgan fingerprint density at radius 2 is 1.74 bits per heavy atom. The van der Waals surface area contributed by atoms with E-state index in [1.54, 1.807) is 34.6 Å². The molecule has 0 aromatic rings. The first kappa shape index (κ1) is 37.0. The van der Waals surface area contributed by atoms with Crippen molar-refractivity contribution < 1.29 is 48.0 Å². The second kappa shape index (κ2) is 14.7. The van der Waals surface area contributed by atoms with Gasteiger partial charge in [0.2, 0.25) is 0 Å². The molecule has 2 unspecified atom stereocenters. The fourth-order valence-corrected chi connectivity index (χ4v) is 6.42. The molecule has 0 bridgehead atoms. The van der Waals surface area contributed by atoms with Crippen molar-refractivity contribution in [2.24, 2.45) is 17.8 Å². The van der Waals surface area contributed by atoms with Gasteiger partial charge in [0.1, 0.15) is 17.6 Å². The maximum atomic E-state index is 13.9. The summed E-state index contributed by atoms with van der Waals surface area (Å²) in [5, 5.41) is 11.2. The predicted molar refractivity (Wildman–Crippen MR) is 159 cm³/mol. The highest BCUT2D eigenvalue weighted by atomic mass is 16.7. The van der Waals surface area contributed by atoms with Gasteiger partial charge in [-0.2, -0.15) is 0 Å². The van der Waals surface area contributed by atoms with Gasteiger partial charge >= 0.3 is 11.9 Å². The van der Waals surface area contributed by atoms with E-state index in [2.05, 4.69) is 0 Å². The number of rotatable bonds is 6. The highest BCUT2D eigenvalue weighted by Gasteiger charge is 2.50. The van der Waals surface area contributed by atoms with Gasteiger partial charge in [-0.3, -0.25) is 19.2 Å². The first-order valence-electron chi connectivity index (χ1n) is 15.2. The summed E-state index contributed by atoms with van der Waals surface area (Å²) in [5.74, 6) is -4.73. The van der Waals surface area contributed by atoms with Crippen molar-refractivity contribution in [3.8, 4) is 0 Å². The average molecular weight is 612 g/mol. The van der Waals surface area contributed by atoms with Crippen LogP contribution in [-0.4, -0.2) is 103 Å². The van der Waals surface area contributed by atoms with E-state index in [-0.39, 0.29) is 30.8 Å². The van der Waals surface area contributed by atoms with E-state index >= 15 is 0 Å². The Bertz CT molecular complexity index is 1050. The topological polar surface area (TPSA) is 138 Å². The van der Waals surface area contributed by atoms with Crippen LogP contribution in [0.25, 0.3) is 0 Å². The number of carbonyl (C=O) groups excluding carboxylic acids is 4. The van der Waals surface area contributed by atoms with Crippen LogP contribution in [-0.2, 0) is 42.9 Å². The van der Waals surface area contributed by atoms with E-state index < -0.39 is 71.3 Å². The quantitative estimate of drug-likeness (QED) is 0.350. The molecule has 246 valence electrons. The lowest BCUT2D eigenvalue weighted by Gasteiger charge is -2.47. The summed E-state index contributed by atoms with van der Waals surface area (Å²) in [6.07, 6.45) is -1.76. The summed E-state index contributed by atoms with van der Waals surface area (Å²) in [7, 11) is 5.22. The van der Waals surface area contributed by atoms with Crippen molar-refractivity contribution in [3.05, 3.63) is 11.6 Å². The lowest BCUT2D eigenvalue weighted by atomic mass is 9.77. The van der Waals surface area contributed by atoms with Crippen LogP contribution >= 0.6 is 0 Å². The number of aliphatic hydroxyl groups is 1. The third-order valence-corrected chi connectivity index (χ3v) is 8.92. The van der Waals surface area contributed by atoms with E-state index in [4.69, 9.17) is 23.7 Å². The first-order chi connectivity index (χ1) is 19.8. The number of carbonyl (C=O) groups is 4. The Morgan fingerprint density at radius 1 is 1.14 bits per heavy atom. The summed E-state index contributed by atoms with van der Waals surface area (Å²) in [6.45, 7) is 14.6. The predicted octanol–water partition coefficient (Wildman–Crippen LogP) is 3.24. The fourth-order valence-electron chi connectivity index (χ4n) is 6.42. The molecule has 0 aromatic heterocycles. The lowest BCUT2D eigenvalue weighted by Crippen LogP contribution is -2.60. The number of hydrogen-bond donors (Lipinski definition) is 1. The molecule has 43 heavy (non-hydrogen) atoms. The monoisotopic (exact) mass is 611 g/mol. The number of ether oxygens (including phenoxy) is 5. The summed E-state index contributed by atoms with van der Waals surface area (Å²) in [5.41, 5.74) is -2.56. The molecule has 0 aromatic carbocycles. The van der Waals surface area contributed by atoms with Crippen molar-refractivity contribution in [1.82, 2.24) is 4.90 Å². The fraction of sp³-hybridized carbons (Fsp3) is 0.812. The van der Waals surface area contributed by atoms with Gasteiger partial charge in [0, 0.05) is 25.9 Å². The van der Waals surface area contributed by atoms with Crippen molar-refractivity contribution in [2.75, 3.05) is 21.2 Å². The SMILES string of the molecule is CC[C@H]1OC(=O)[C@H](C)C(=O)C(C)[C@@H](O[C@@H]2O[C@H](C)C[C@H](N(C)C)C2OC(C)=O)[C@](C)(OC)C[C@@H](C)C(=O)C(C)=C[C@]1(C)O. The minimum absolute atomic E-state index is 0.144. The third kappa shape index (κ3) is 8.72. The molecule has 1 N–H and O–H groups in total. The highest BCUT2D eigenvalue weighted by Crippen LogP contribution is 2.38. The van der Waals surface area contributed by atoms with Gasteiger partial charge < -0.3 is 33.7 Å². The molecule has 2 rings (SSSR count). The number of hydrogen-bond acceptors (Lipinski definition) is 11. The van der Waals surface area contributed by atoms with Crippen LogP contribution in [0.5, 0.6) is 0 Å². The van der Waals surface area contributed by atoms with E-state index in [1.165, 1.54) is 34.0 Å². The number of ketones is 2. The number of allylic oxidation sites excluding steroid dienone is 1.